The molecule has 1 amide bonds. The maximum atomic E-state index is 11.2. The Hall–Kier alpha value is -1.91. The lowest BCUT2D eigenvalue weighted by Crippen LogP contribution is -2.20. The number of rotatable bonds is 2. The lowest BCUT2D eigenvalue weighted by Gasteiger charge is -2.08. The van der Waals surface area contributed by atoms with Crippen LogP contribution in [0.5, 0.6) is 0 Å². The van der Waals surface area contributed by atoms with Crippen LogP contribution in [0.25, 0.3) is 6.08 Å². The van der Waals surface area contributed by atoms with Crippen LogP contribution < -0.4 is 15.9 Å². The van der Waals surface area contributed by atoms with Crippen LogP contribution in [0.2, 0.25) is 10.2 Å². The van der Waals surface area contributed by atoms with E-state index in [0.717, 1.165) is 10.9 Å². The number of aromatic nitrogens is 1. The number of nitrogens with zero attached hydrogens (tertiary/aromatic N) is 2. The highest BCUT2D eigenvalue weighted by Gasteiger charge is 2.06. The van der Waals surface area contributed by atoms with Crippen LogP contribution in [-0.4, -0.2) is 10.9 Å². The minimum Gasteiger partial charge on any atom is -0.354 e. The number of halogens is 2. The summed E-state index contributed by atoms with van der Waals surface area (Å²) >= 11 is 11.8. The summed E-state index contributed by atoms with van der Waals surface area (Å²) in [6.07, 6.45) is 2.96. The maximum absolute atomic E-state index is 11.2. The van der Waals surface area contributed by atoms with Crippen LogP contribution in [0, 0.1) is 0 Å². The molecule has 1 aliphatic rings. The lowest BCUT2D eigenvalue weighted by atomic mass is 10.2. The van der Waals surface area contributed by atoms with Gasteiger partial charge in [0.15, 0.2) is 0 Å². The highest BCUT2D eigenvalue weighted by Crippen LogP contribution is 2.26. The van der Waals surface area contributed by atoms with Crippen LogP contribution in [0.3, 0.4) is 0 Å². The van der Waals surface area contributed by atoms with Gasteiger partial charge in [0.05, 0.1) is 16.1 Å². The Labute approximate surface area is 118 Å². The van der Waals surface area contributed by atoms with E-state index in [0.29, 0.717) is 21.2 Å². The van der Waals surface area contributed by atoms with Gasteiger partial charge in [-0.1, -0.05) is 23.2 Å². The molecule has 0 unspecified atom stereocenters. The minimum absolute atomic E-state index is 0.239. The fraction of sp³-hybridized carbons (Fsp3) is 0. The fourth-order valence-electron chi connectivity index (χ4n) is 1.80. The first kappa shape index (κ1) is 12.1. The van der Waals surface area contributed by atoms with Crippen molar-refractivity contribution in [3.63, 3.8) is 0 Å². The highest BCUT2D eigenvalue weighted by atomic mass is 35.5. The first-order valence-corrected chi connectivity index (χ1v) is 6.20. The van der Waals surface area contributed by atoms with Crippen molar-refractivity contribution in [2.75, 3.05) is 5.32 Å². The van der Waals surface area contributed by atoms with Crippen molar-refractivity contribution in [3.8, 4) is 0 Å². The van der Waals surface area contributed by atoms with Crippen LogP contribution in [0.15, 0.2) is 35.5 Å². The Bertz CT molecular complexity index is 802. The number of benzene rings is 1. The zero-order chi connectivity index (χ0) is 13.4. The molecule has 3 rings (SSSR count). The topological polar surface area (TPSA) is 54.4 Å². The zero-order valence-electron chi connectivity index (χ0n) is 9.52. The number of hydrogen-bond donors (Lipinski definition) is 1. The molecule has 1 N–H and O–H groups in total. The van der Waals surface area contributed by atoms with E-state index in [9.17, 15) is 4.79 Å². The van der Waals surface area contributed by atoms with Gasteiger partial charge in [0.1, 0.15) is 5.15 Å². The summed E-state index contributed by atoms with van der Waals surface area (Å²) < 4.78 is 0. The Balaban J connectivity index is 2.00. The van der Waals surface area contributed by atoms with Crippen LogP contribution >= 0.6 is 23.2 Å². The van der Waals surface area contributed by atoms with Gasteiger partial charge in [-0.2, -0.15) is 0 Å². The average molecular weight is 292 g/mol. The van der Waals surface area contributed by atoms with Crippen LogP contribution in [0.4, 0.5) is 11.4 Å². The predicted octanol–water partition coefficient (Wildman–Crippen LogP) is 2.07. The van der Waals surface area contributed by atoms with E-state index < -0.39 is 0 Å². The van der Waals surface area contributed by atoms with Crippen LogP contribution in [0.1, 0.15) is 0 Å². The minimum atomic E-state index is -0.239. The molecule has 94 valence electrons. The zero-order valence-corrected chi connectivity index (χ0v) is 11.0. The quantitative estimate of drug-likeness (QED) is 0.862. The van der Waals surface area contributed by atoms with Crippen molar-refractivity contribution in [2.45, 2.75) is 0 Å². The monoisotopic (exact) mass is 291 g/mol. The summed E-state index contributed by atoms with van der Waals surface area (Å²) in [6.45, 7) is 0. The summed E-state index contributed by atoms with van der Waals surface area (Å²) in [7, 11) is 0. The third-order valence-electron chi connectivity index (χ3n) is 2.64. The number of carbonyl (C=O) groups is 1. The van der Waals surface area contributed by atoms with Crippen LogP contribution in [-0.2, 0) is 4.79 Å². The van der Waals surface area contributed by atoms with Crippen molar-refractivity contribution >= 4 is 46.6 Å². The normalized spacial score (nSPS) is 12.6. The summed E-state index contributed by atoms with van der Waals surface area (Å²) in [4.78, 5) is 18.9. The second kappa shape index (κ2) is 4.64. The van der Waals surface area contributed by atoms with E-state index in [2.05, 4.69) is 15.3 Å². The molecular weight excluding hydrogens is 285 g/mol. The highest BCUT2D eigenvalue weighted by molar-refractivity contribution is 6.34. The van der Waals surface area contributed by atoms with Crippen molar-refractivity contribution in [1.29, 1.82) is 0 Å². The number of nitrogens with one attached hydrogen (secondary N) is 1. The molecule has 6 heteroatoms. The molecule has 1 aromatic heterocycles. The van der Waals surface area contributed by atoms with Gasteiger partial charge in [-0.05, 0) is 18.2 Å². The lowest BCUT2D eigenvalue weighted by molar-refractivity contribution is -0.112. The molecule has 0 aliphatic carbocycles. The molecule has 0 spiro atoms. The molecule has 1 aliphatic heterocycles. The molecule has 19 heavy (non-hydrogen) atoms. The Kier molecular flexibility index (Phi) is 2.97. The van der Waals surface area contributed by atoms with Crippen molar-refractivity contribution in [2.24, 2.45) is 4.99 Å². The van der Waals surface area contributed by atoms with Gasteiger partial charge in [-0.3, -0.25) is 4.79 Å². The number of carbonyl (C=O) groups excluding carboxylic acids is 1. The number of amides is 1. The number of pyridine rings is 1. The average Bonchev–Trinajstić information content (AvgIpc) is 2.73. The first-order valence-electron chi connectivity index (χ1n) is 5.44. The van der Waals surface area contributed by atoms with E-state index >= 15 is 0 Å². The first-order chi connectivity index (χ1) is 9.11. The Morgan fingerprint density at radius 2 is 2.00 bits per heavy atom. The third-order valence-corrected chi connectivity index (χ3v) is 3.15. The Morgan fingerprint density at radius 3 is 2.84 bits per heavy atom. The summed E-state index contributed by atoms with van der Waals surface area (Å²) in [5.41, 5.74) is 1.45. The van der Waals surface area contributed by atoms with Gasteiger partial charge in [-0.15, -0.1) is 0 Å². The van der Waals surface area contributed by atoms with Gasteiger partial charge in [0, 0.05) is 29.2 Å². The summed E-state index contributed by atoms with van der Waals surface area (Å²) in [5.74, 6) is -0.239. The SMILES string of the molecule is O=C1C=c2cc(Nc3cc(Cl)ncc3Cl)ccc2=N1. The van der Waals surface area contributed by atoms with E-state index in [-0.39, 0.29) is 5.91 Å². The Morgan fingerprint density at radius 1 is 1.16 bits per heavy atom. The molecule has 4 nitrogen and oxygen atoms in total. The van der Waals surface area contributed by atoms with Gasteiger partial charge >= 0.3 is 0 Å². The van der Waals surface area contributed by atoms with Gasteiger partial charge < -0.3 is 5.32 Å². The molecular formula is C13H7Cl2N3O. The molecule has 0 saturated heterocycles. The molecule has 0 atom stereocenters. The number of hydrogen-bond acceptors (Lipinski definition) is 3. The smallest absolute Gasteiger partial charge is 0.270 e. The predicted molar refractivity (Wildman–Crippen MR) is 74.2 cm³/mol. The van der Waals surface area contributed by atoms with Gasteiger partial charge in [0.2, 0.25) is 0 Å². The molecule has 0 saturated carbocycles. The summed E-state index contributed by atoms with van der Waals surface area (Å²) in [6, 6.07) is 7.06. The molecule has 1 aromatic carbocycles. The summed E-state index contributed by atoms with van der Waals surface area (Å²) in [5, 5.41) is 5.41. The second-order valence-corrected chi connectivity index (χ2v) is 4.77. The standard InChI is InChI=1S/C13H7Cl2N3O/c14-9-6-16-12(15)5-11(9)17-8-1-2-10-7(3-8)4-13(19)18-10/h1-6H,(H,16,17). The van der Waals surface area contributed by atoms with Gasteiger partial charge in [0.25, 0.3) is 5.91 Å². The van der Waals surface area contributed by atoms with E-state index in [1.54, 1.807) is 12.1 Å². The fourth-order valence-corrected chi connectivity index (χ4v) is 2.11. The largest absolute Gasteiger partial charge is 0.354 e. The third kappa shape index (κ3) is 2.45. The van der Waals surface area contributed by atoms with Gasteiger partial charge in [-0.25, -0.2) is 9.98 Å². The van der Waals surface area contributed by atoms with E-state index in [1.165, 1.54) is 12.3 Å². The van der Waals surface area contributed by atoms with Crippen molar-refractivity contribution in [1.82, 2.24) is 4.98 Å². The molecule has 2 aromatic rings. The molecule has 0 radical (unpaired) electrons. The number of fused-ring (bicyclic) bond motifs is 1. The maximum Gasteiger partial charge on any atom is 0.270 e. The van der Waals surface area contributed by atoms with E-state index in [1.807, 2.05) is 12.1 Å². The van der Waals surface area contributed by atoms with Crippen molar-refractivity contribution in [3.05, 3.63) is 51.2 Å². The molecule has 0 fully saturated rings. The van der Waals surface area contributed by atoms with Crippen molar-refractivity contribution < 1.29 is 4.79 Å². The number of anilines is 2. The second-order valence-electron chi connectivity index (χ2n) is 3.98. The van der Waals surface area contributed by atoms with E-state index in [4.69, 9.17) is 23.2 Å². The molecule has 0 bridgehead atoms. The molecule has 2 heterocycles.